The first-order valence-corrected chi connectivity index (χ1v) is 10.6. The maximum Gasteiger partial charge on any atom is 0.226 e. The minimum Gasteiger partial charge on any atom is -0.302 e. The average molecular weight is 415 g/mol. The van der Waals surface area contributed by atoms with Gasteiger partial charge in [0, 0.05) is 23.8 Å². The smallest absolute Gasteiger partial charge is 0.226 e. The van der Waals surface area contributed by atoms with Crippen molar-refractivity contribution in [1.29, 1.82) is 0 Å². The van der Waals surface area contributed by atoms with Crippen molar-refractivity contribution in [3.05, 3.63) is 65.3 Å². The van der Waals surface area contributed by atoms with E-state index in [4.69, 9.17) is 0 Å². The lowest BCUT2D eigenvalue weighted by molar-refractivity contribution is -0.116. The van der Waals surface area contributed by atoms with Crippen molar-refractivity contribution in [2.24, 2.45) is 0 Å². The summed E-state index contributed by atoms with van der Waals surface area (Å²) in [4.78, 5) is 30.1. The number of benzene rings is 2. The number of anilines is 1. The summed E-state index contributed by atoms with van der Waals surface area (Å²) in [6.45, 7) is 1.50. The number of carbonyl (C=O) groups is 2. The highest BCUT2D eigenvalue weighted by atomic mass is 32.2. The van der Waals surface area contributed by atoms with Crippen LogP contribution in [0.1, 0.15) is 29.4 Å². The highest BCUT2D eigenvalue weighted by Gasteiger charge is 2.17. The zero-order valence-electron chi connectivity index (χ0n) is 15.3. The Morgan fingerprint density at radius 1 is 1.11 bits per heavy atom. The maximum absolute atomic E-state index is 12.9. The molecule has 0 aliphatic carbocycles. The summed E-state index contributed by atoms with van der Waals surface area (Å²) < 4.78 is 12.9. The van der Waals surface area contributed by atoms with Gasteiger partial charge in [-0.05, 0) is 36.4 Å². The van der Waals surface area contributed by atoms with E-state index in [9.17, 15) is 14.0 Å². The largest absolute Gasteiger partial charge is 0.302 e. The molecule has 0 radical (unpaired) electrons. The molecule has 2 aromatic carbocycles. The van der Waals surface area contributed by atoms with Gasteiger partial charge >= 0.3 is 0 Å². The SMILES string of the molecule is CC(=O)c1sc(NC(=O)CCCSc2ccc(F)cc2)nc1-c1ccccc1. The lowest BCUT2D eigenvalue weighted by atomic mass is 10.1. The number of rotatable bonds is 8. The van der Waals surface area contributed by atoms with Gasteiger partial charge in [-0.1, -0.05) is 41.7 Å². The number of amides is 1. The Bertz CT molecular complexity index is 956. The Morgan fingerprint density at radius 3 is 2.50 bits per heavy atom. The summed E-state index contributed by atoms with van der Waals surface area (Å²) in [5.74, 6) is 0.285. The second kappa shape index (κ2) is 9.61. The number of thiazole rings is 1. The molecule has 0 fully saturated rings. The Hall–Kier alpha value is -2.51. The molecule has 0 aliphatic rings. The van der Waals surface area contributed by atoms with Gasteiger partial charge in [0.2, 0.25) is 5.91 Å². The third kappa shape index (κ3) is 5.50. The van der Waals surface area contributed by atoms with Gasteiger partial charge in [-0.2, -0.15) is 0 Å². The monoisotopic (exact) mass is 414 g/mol. The molecule has 0 saturated heterocycles. The zero-order valence-corrected chi connectivity index (χ0v) is 16.9. The number of Topliss-reactive ketones (excluding diaryl/α,β-unsaturated/α-hetero) is 1. The quantitative estimate of drug-likeness (QED) is 0.293. The van der Waals surface area contributed by atoms with Crippen molar-refractivity contribution in [3.8, 4) is 11.3 Å². The van der Waals surface area contributed by atoms with Crippen LogP contribution in [0.3, 0.4) is 0 Å². The van der Waals surface area contributed by atoms with Gasteiger partial charge in [0.15, 0.2) is 10.9 Å². The fraction of sp³-hybridized carbons (Fsp3) is 0.190. The van der Waals surface area contributed by atoms with E-state index in [-0.39, 0.29) is 17.5 Å². The average Bonchev–Trinajstić information content (AvgIpc) is 3.11. The molecular weight excluding hydrogens is 395 g/mol. The van der Waals surface area contributed by atoms with Gasteiger partial charge in [0.05, 0.1) is 10.6 Å². The van der Waals surface area contributed by atoms with Crippen molar-refractivity contribution in [1.82, 2.24) is 4.98 Å². The molecule has 7 heteroatoms. The Kier molecular flexibility index (Phi) is 6.95. The second-order valence-corrected chi connectivity index (χ2v) is 8.24. The van der Waals surface area contributed by atoms with E-state index in [2.05, 4.69) is 10.3 Å². The lowest BCUT2D eigenvalue weighted by Gasteiger charge is -2.03. The first-order valence-electron chi connectivity index (χ1n) is 8.78. The van der Waals surface area contributed by atoms with E-state index in [1.807, 2.05) is 30.3 Å². The molecule has 0 atom stereocenters. The maximum atomic E-state index is 12.9. The van der Waals surface area contributed by atoms with Crippen molar-refractivity contribution >= 4 is 39.9 Å². The minimum absolute atomic E-state index is 0.0763. The summed E-state index contributed by atoms with van der Waals surface area (Å²) in [7, 11) is 0. The summed E-state index contributed by atoms with van der Waals surface area (Å²) in [5.41, 5.74) is 1.44. The number of thioether (sulfide) groups is 1. The highest BCUT2D eigenvalue weighted by molar-refractivity contribution is 7.99. The Balaban J connectivity index is 1.55. The summed E-state index contributed by atoms with van der Waals surface area (Å²) in [6.07, 6.45) is 1.04. The summed E-state index contributed by atoms with van der Waals surface area (Å²) in [6, 6.07) is 15.7. The molecule has 28 heavy (non-hydrogen) atoms. The summed E-state index contributed by atoms with van der Waals surface area (Å²) >= 11 is 2.78. The number of hydrogen-bond acceptors (Lipinski definition) is 5. The molecule has 1 heterocycles. The molecule has 1 amide bonds. The van der Waals surface area contributed by atoms with E-state index in [0.717, 1.165) is 16.2 Å². The molecule has 0 aliphatic heterocycles. The van der Waals surface area contributed by atoms with Gasteiger partial charge in [-0.15, -0.1) is 11.8 Å². The van der Waals surface area contributed by atoms with Crippen LogP contribution >= 0.6 is 23.1 Å². The molecular formula is C21H19FN2O2S2. The molecule has 0 saturated carbocycles. The van der Waals surface area contributed by atoms with Crippen LogP contribution in [0.4, 0.5) is 9.52 Å². The second-order valence-electron chi connectivity index (χ2n) is 6.07. The standard InChI is InChI=1S/C21H19FN2O2S2/c1-14(25)20-19(15-6-3-2-4-7-15)24-21(28-20)23-18(26)8-5-13-27-17-11-9-16(22)10-12-17/h2-4,6-7,9-12H,5,8,13H2,1H3,(H,23,24,26). The van der Waals surface area contributed by atoms with Gasteiger partial charge < -0.3 is 5.32 Å². The lowest BCUT2D eigenvalue weighted by Crippen LogP contribution is -2.11. The predicted octanol–water partition coefficient (Wildman–Crippen LogP) is 5.66. The van der Waals surface area contributed by atoms with Crippen LogP contribution in [-0.4, -0.2) is 22.4 Å². The Labute approximate surface area is 171 Å². The van der Waals surface area contributed by atoms with Crippen LogP contribution in [0.5, 0.6) is 0 Å². The number of nitrogens with zero attached hydrogens (tertiary/aromatic N) is 1. The van der Waals surface area contributed by atoms with E-state index in [1.54, 1.807) is 23.9 Å². The number of aromatic nitrogens is 1. The first kappa shape index (κ1) is 20.2. The van der Waals surface area contributed by atoms with Crippen LogP contribution in [0.25, 0.3) is 11.3 Å². The molecule has 3 rings (SSSR count). The molecule has 144 valence electrons. The normalized spacial score (nSPS) is 10.6. The van der Waals surface area contributed by atoms with E-state index in [1.165, 1.54) is 30.4 Å². The van der Waals surface area contributed by atoms with Gasteiger partial charge in [-0.25, -0.2) is 9.37 Å². The van der Waals surface area contributed by atoms with E-state index >= 15 is 0 Å². The molecule has 4 nitrogen and oxygen atoms in total. The van der Waals surface area contributed by atoms with Crippen LogP contribution in [-0.2, 0) is 4.79 Å². The van der Waals surface area contributed by atoms with Gasteiger partial charge in [0.1, 0.15) is 5.82 Å². The molecule has 0 spiro atoms. The van der Waals surface area contributed by atoms with Crippen LogP contribution < -0.4 is 5.32 Å². The predicted molar refractivity (Wildman–Crippen MR) is 113 cm³/mol. The molecule has 0 unspecified atom stereocenters. The van der Waals surface area contributed by atoms with E-state index in [0.29, 0.717) is 28.5 Å². The van der Waals surface area contributed by atoms with Crippen molar-refractivity contribution in [2.45, 2.75) is 24.7 Å². The van der Waals surface area contributed by atoms with Gasteiger partial charge in [0.25, 0.3) is 0 Å². The van der Waals surface area contributed by atoms with Crippen molar-refractivity contribution in [2.75, 3.05) is 11.1 Å². The number of halogens is 1. The molecule has 1 N–H and O–H groups in total. The number of carbonyl (C=O) groups excluding carboxylic acids is 2. The zero-order chi connectivity index (χ0) is 19.9. The Morgan fingerprint density at radius 2 is 1.82 bits per heavy atom. The molecule has 0 bridgehead atoms. The third-order valence-corrected chi connectivity index (χ3v) is 6.04. The van der Waals surface area contributed by atoms with Gasteiger partial charge in [-0.3, -0.25) is 9.59 Å². The number of nitrogens with one attached hydrogen (secondary N) is 1. The van der Waals surface area contributed by atoms with Crippen LogP contribution in [0.15, 0.2) is 59.5 Å². The van der Waals surface area contributed by atoms with Crippen molar-refractivity contribution in [3.63, 3.8) is 0 Å². The summed E-state index contributed by atoms with van der Waals surface area (Å²) in [5, 5.41) is 3.22. The number of ketones is 1. The van der Waals surface area contributed by atoms with Crippen LogP contribution in [0.2, 0.25) is 0 Å². The third-order valence-electron chi connectivity index (χ3n) is 3.87. The minimum atomic E-state index is -0.257. The van der Waals surface area contributed by atoms with Crippen LogP contribution in [0, 0.1) is 5.82 Å². The first-order chi connectivity index (χ1) is 13.5. The van der Waals surface area contributed by atoms with E-state index < -0.39 is 0 Å². The number of hydrogen-bond donors (Lipinski definition) is 1. The highest BCUT2D eigenvalue weighted by Crippen LogP contribution is 2.31. The van der Waals surface area contributed by atoms with Crippen molar-refractivity contribution < 1.29 is 14.0 Å². The molecule has 3 aromatic rings. The topological polar surface area (TPSA) is 59.1 Å². The fourth-order valence-electron chi connectivity index (χ4n) is 2.54. The molecule has 1 aromatic heterocycles. The fourth-order valence-corrected chi connectivity index (χ4v) is 4.29.